The summed E-state index contributed by atoms with van der Waals surface area (Å²) in [4.78, 5) is 11.8. The Morgan fingerprint density at radius 1 is 1.17 bits per heavy atom. The first-order valence-electron chi connectivity index (χ1n) is 7.96. The number of carboxylic acids is 1. The van der Waals surface area contributed by atoms with Crippen LogP contribution in [0.3, 0.4) is 0 Å². The third kappa shape index (κ3) is 2.97. The van der Waals surface area contributed by atoms with Gasteiger partial charge in [-0.15, -0.1) is 0 Å². The molecule has 0 spiro atoms. The minimum atomic E-state index is -0.862. The number of hydrazone groups is 1. The van der Waals surface area contributed by atoms with Crippen molar-refractivity contribution < 1.29 is 14.6 Å². The van der Waals surface area contributed by atoms with Gasteiger partial charge in [0.15, 0.2) is 0 Å². The SMILES string of the molecule is CCOc1ccc(N2N=C(C)C(C(=O)O)C2c2ccccc2)cc1. The summed E-state index contributed by atoms with van der Waals surface area (Å²) in [5, 5.41) is 16.0. The number of anilines is 1. The van der Waals surface area contributed by atoms with Crippen LogP contribution in [0.25, 0.3) is 0 Å². The zero-order chi connectivity index (χ0) is 17.1. The number of hydrogen-bond donors (Lipinski definition) is 1. The molecule has 2 unspecified atom stereocenters. The molecule has 24 heavy (non-hydrogen) atoms. The van der Waals surface area contributed by atoms with Crippen LogP contribution >= 0.6 is 0 Å². The molecule has 2 aromatic rings. The Bertz CT molecular complexity index is 741. The maximum Gasteiger partial charge on any atom is 0.314 e. The molecule has 0 bridgehead atoms. The number of carbonyl (C=O) groups is 1. The van der Waals surface area contributed by atoms with Gasteiger partial charge in [0.2, 0.25) is 0 Å². The molecule has 1 aliphatic rings. The lowest BCUT2D eigenvalue weighted by Gasteiger charge is -2.27. The molecular formula is C19H20N2O3. The molecule has 1 N–H and O–H groups in total. The number of ether oxygens (including phenoxy) is 1. The van der Waals surface area contributed by atoms with E-state index < -0.39 is 11.9 Å². The highest BCUT2D eigenvalue weighted by atomic mass is 16.5. The van der Waals surface area contributed by atoms with Crippen LogP contribution in [0.15, 0.2) is 59.7 Å². The molecule has 0 amide bonds. The summed E-state index contributed by atoms with van der Waals surface area (Å²) < 4.78 is 5.47. The fourth-order valence-corrected chi connectivity index (χ4v) is 3.04. The largest absolute Gasteiger partial charge is 0.494 e. The predicted molar refractivity (Wildman–Crippen MR) is 93.5 cm³/mol. The van der Waals surface area contributed by atoms with Gasteiger partial charge < -0.3 is 9.84 Å². The zero-order valence-corrected chi connectivity index (χ0v) is 13.7. The third-order valence-corrected chi connectivity index (χ3v) is 4.11. The van der Waals surface area contributed by atoms with Crippen molar-refractivity contribution in [1.82, 2.24) is 0 Å². The smallest absolute Gasteiger partial charge is 0.314 e. The molecule has 1 aliphatic heterocycles. The van der Waals surface area contributed by atoms with Crippen molar-refractivity contribution in [2.45, 2.75) is 19.9 Å². The van der Waals surface area contributed by atoms with Crippen molar-refractivity contribution in [3.05, 3.63) is 60.2 Å². The molecule has 0 aliphatic carbocycles. The Balaban J connectivity index is 1.99. The molecule has 3 rings (SSSR count). The van der Waals surface area contributed by atoms with Gasteiger partial charge in [0.25, 0.3) is 0 Å². The molecule has 0 radical (unpaired) electrons. The lowest BCUT2D eigenvalue weighted by atomic mass is 9.90. The molecule has 2 atom stereocenters. The van der Waals surface area contributed by atoms with Crippen LogP contribution in [-0.2, 0) is 4.79 Å². The molecule has 1 heterocycles. The van der Waals surface area contributed by atoms with Gasteiger partial charge in [-0.3, -0.25) is 9.80 Å². The Labute approximate surface area is 141 Å². The molecule has 0 aromatic heterocycles. The van der Waals surface area contributed by atoms with Crippen molar-refractivity contribution in [3.63, 3.8) is 0 Å². The fraction of sp³-hybridized carbons (Fsp3) is 0.263. The van der Waals surface area contributed by atoms with Crippen molar-refractivity contribution in [3.8, 4) is 5.75 Å². The van der Waals surface area contributed by atoms with E-state index in [0.717, 1.165) is 17.0 Å². The van der Waals surface area contributed by atoms with Crippen molar-refractivity contribution in [1.29, 1.82) is 0 Å². The standard InChI is InChI=1S/C19H20N2O3/c1-3-24-16-11-9-15(10-12-16)21-18(14-7-5-4-6-8-14)17(19(22)23)13(2)20-21/h4-12,17-18H,3H2,1-2H3,(H,22,23). The number of hydrogen-bond acceptors (Lipinski definition) is 4. The van der Waals surface area contributed by atoms with Crippen LogP contribution in [0.4, 0.5) is 5.69 Å². The van der Waals surface area contributed by atoms with Gasteiger partial charge in [0.05, 0.1) is 24.0 Å². The summed E-state index contributed by atoms with van der Waals surface area (Å²) in [6.07, 6.45) is 0. The van der Waals surface area contributed by atoms with Gasteiger partial charge in [-0.2, -0.15) is 5.10 Å². The van der Waals surface area contributed by atoms with E-state index in [4.69, 9.17) is 4.74 Å². The Morgan fingerprint density at radius 3 is 2.42 bits per heavy atom. The van der Waals surface area contributed by atoms with Crippen LogP contribution in [0, 0.1) is 5.92 Å². The monoisotopic (exact) mass is 324 g/mol. The highest BCUT2D eigenvalue weighted by Crippen LogP contribution is 2.39. The first kappa shape index (κ1) is 16.1. The van der Waals surface area contributed by atoms with Crippen molar-refractivity contribution in [2.24, 2.45) is 11.0 Å². The van der Waals surface area contributed by atoms with Crippen LogP contribution in [0.1, 0.15) is 25.5 Å². The second-order valence-corrected chi connectivity index (χ2v) is 5.68. The van der Waals surface area contributed by atoms with Crippen LogP contribution < -0.4 is 9.75 Å². The quantitative estimate of drug-likeness (QED) is 0.910. The summed E-state index contributed by atoms with van der Waals surface area (Å²) in [5.74, 6) is -0.746. The highest BCUT2D eigenvalue weighted by molar-refractivity contribution is 6.03. The number of benzene rings is 2. The van der Waals surface area contributed by atoms with E-state index in [2.05, 4.69) is 5.10 Å². The maximum absolute atomic E-state index is 11.8. The second kappa shape index (κ2) is 6.74. The molecule has 5 nitrogen and oxygen atoms in total. The fourth-order valence-electron chi connectivity index (χ4n) is 3.04. The number of carboxylic acid groups (broad SMARTS) is 1. The Morgan fingerprint density at radius 2 is 1.83 bits per heavy atom. The van der Waals surface area contributed by atoms with Crippen molar-refractivity contribution >= 4 is 17.4 Å². The molecule has 0 saturated carbocycles. The van der Waals surface area contributed by atoms with Gasteiger partial charge in [0.1, 0.15) is 11.7 Å². The zero-order valence-electron chi connectivity index (χ0n) is 13.7. The average molecular weight is 324 g/mol. The van der Waals surface area contributed by atoms with E-state index in [1.807, 2.05) is 61.5 Å². The predicted octanol–water partition coefficient (Wildman–Crippen LogP) is 3.72. The minimum Gasteiger partial charge on any atom is -0.494 e. The number of nitrogens with zero attached hydrogens (tertiary/aromatic N) is 2. The van der Waals surface area contributed by atoms with Crippen LogP contribution in [-0.4, -0.2) is 23.4 Å². The molecule has 124 valence electrons. The van der Waals surface area contributed by atoms with E-state index in [9.17, 15) is 9.90 Å². The summed E-state index contributed by atoms with van der Waals surface area (Å²) in [7, 11) is 0. The van der Waals surface area contributed by atoms with Gasteiger partial charge in [-0.1, -0.05) is 30.3 Å². The van der Waals surface area contributed by atoms with E-state index in [1.54, 1.807) is 11.9 Å². The summed E-state index contributed by atoms with van der Waals surface area (Å²) in [5.41, 5.74) is 2.38. The number of rotatable bonds is 5. The van der Waals surface area contributed by atoms with Crippen molar-refractivity contribution in [2.75, 3.05) is 11.6 Å². The van der Waals surface area contributed by atoms with Crippen LogP contribution in [0.5, 0.6) is 5.75 Å². The van der Waals surface area contributed by atoms with Gasteiger partial charge in [0, 0.05) is 0 Å². The average Bonchev–Trinajstić information content (AvgIpc) is 2.94. The summed E-state index contributed by atoms with van der Waals surface area (Å²) in [6, 6.07) is 16.8. The minimum absolute atomic E-state index is 0.360. The molecule has 2 aromatic carbocycles. The first-order chi connectivity index (χ1) is 11.6. The third-order valence-electron chi connectivity index (χ3n) is 4.11. The maximum atomic E-state index is 11.8. The first-order valence-corrected chi connectivity index (χ1v) is 7.96. The summed E-state index contributed by atoms with van der Waals surface area (Å²) in [6.45, 7) is 4.31. The molecule has 5 heteroatoms. The summed E-state index contributed by atoms with van der Waals surface area (Å²) >= 11 is 0. The van der Waals surface area contributed by atoms with E-state index in [1.165, 1.54) is 0 Å². The second-order valence-electron chi connectivity index (χ2n) is 5.68. The van der Waals surface area contributed by atoms with E-state index in [0.29, 0.717) is 12.3 Å². The van der Waals surface area contributed by atoms with E-state index in [-0.39, 0.29) is 6.04 Å². The highest BCUT2D eigenvalue weighted by Gasteiger charge is 2.41. The molecule has 0 saturated heterocycles. The molecular weight excluding hydrogens is 304 g/mol. The van der Waals surface area contributed by atoms with Crippen LogP contribution in [0.2, 0.25) is 0 Å². The lowest BCUT2D eigenvalue weighted by molar-refractivity contribution is -0.139. The lowest BCUT2D eigenvalue weighted by Crippen LogP contribution is -2.30. The Kier molecular flexibility index (Phi) is 4.51. The topological polar surface area (TPSA) is 62.1 Å². The van der Waals surface area contributed by atoms with E-state index >= 15 is 0 Å². The number of aliphatic carboxylic acids is 1. The normalized spacial score (nSPS) is 19.9. The van der Waals surface area contributed by atoms with Gasteiger partial charge in [-0.05, 0) is 43.7 Å². The Hall–Kier alpha value is -2.82. The van der Waals surface area contributed by atoms with Gasteiger partial charge in [-0.25, -0.2) is 0 Å². The molecule has 0 fully saturated rings. The van der Waals surface area contributed by atoms with Gasteiger partial charge >= 0.3 is 5.97 Å².